The minimum Gasteiger partial charge on any atom is -0.327 e. The predicted molar refractivity (Wildman–Crippen MR) is 85.8 cm³/mol. The lowest BCUT2D eigenvalue weighted by Gasteiger charge is -2.20. The lowest BCUT2D eigenvalue weighted by atomic mass is 9.98. The van der Waals surface area contributed by atoms with E-state index >= 15 is 0 Å². The molecule has 6 heteroatoms. The summed E-state index contributed by atoms with van der Waals surface area (Å²) in [4.78, 5) is 6.55. The van der Waals surface area contributed by atoms with Crippen molar-refractivity contribution >= 4 is 11.6 Å². The number of aromatic nitrogens is 3. The third-order valence-corrected chi connectivity index (χ3v) is 5.33. The molecule has 0 radical (unpaired) electrons. The van der Waals surface area contributed by atoms with E-state index in [2.05, 4.69) is 21.0 Å². The summed E-state index contributed by atoms with van der Waals surface area (Å²) in [5.41, 5.74) is 8.47. The zero-order valence-electron chi connectivity index (χ0n) is 12.4. The van der Waals surface area contributed by atoms with Crippen molar-refractivity contribution in [1.82, 2.24) is 19.7 Å². The molecule has 0 bridgehead atoms. The molecular formula is C16H20ClN5. The van der Waals surface area contributed by atoms with Gasteiger partial charge in [-0.15, -0.1) is 0 Å². The summed E-state index contributed by atoms with van der Waals surface area (Å²) in [7, 11) is 0. The van der Waals surface area contributed by atoms with Crippen molar-refractivity contribution in [3.05, 3.63) is 41.4 Å². The molecule has 2 aliphatic rings. The minimum atomic E-state index is 0.384. The van der Waals surface area contributed by atoms with Crippen LogP contribution >= 0.6 is 11.6 Å². The van der Waals surface area contributed by atoms with Crippen molar-refractivity contribution < 1.29 is 0 Å². The van der Waals surface area contributed by atoms with Crippen LogP contribution in [0.2, 0.25) is 5.02 Å². The highest BCUT2D eigenvalue weighted by Crippen LogP contribution is 2.38. The molecular weight excluding hydrogens is 298 g/mol. The van der Waals surface area contributed by atoms with Crippen LogP contribution in [-0.4, -0.2) is 38.8 Å². The molecule has 2 fully saturated rings. The number of nitrogens with zero attached hydrogens (tertiary/aromatic N) is 4. The van der Waals surface area contributed by atoms with Crippen LogP contribution in [0.5, 0.6) is 0 Å². The van der Waals surface area contributed by atoms with Gasteiger partial charge in [0.05, 0.1) is 5.69 Å². The van der Waals surface area contributed by atoms with E-state index in [0.717, 1.165) is 36.3 Å². The summed E-state index contributed by atoms with van der Waals surface area (Å²) in [6, 6.07) is 6.37. The van der Waals surface area contributed by atoms with Crippen molar-refractivity contribution in [2.75, 3.05) is 13.1 Å². The van der Waals surface area contributed by atoms with Gasteiger partial charge in [0, 0.05) is 30.7 Å². The second kappa shape index (κ2) is 5.65. The van der Waals surface area contributed by atoms with Crippen LogP contribution in [-0.2, 0) is 6.54 Å². The Balaban J connectivity index is 1.56. The largest absolute Gasteiger partial charge is 0.327 e. The van der Waals surface area contributed by atoms with E-state index in [9.17, 15) is 0 Å². The third-order valence-electron chi connectivity index (χ3n) is 5.09. The van der Waals surface area contributed by atoms with Gasteiger partial charge in [0.25, 0.3) is 0 Å². The number of rotatable bonds is 3. The maximum Gasteiger partial charge on any atom is 0.138 e. The van der Waals surface area contributed by atoms with Crippen molar-refractivity contribution in [2.45, 2.75) is 25.4 Å². The lowest BCUT2D eigenvalue weighted by molar-refractivity contribution is 0.298. The van der Waals surface area contributed by atoms with Crippen molar-refractivity contribution in [1.29, 1.82) is 0 Å². The number of nitrogens with two attached hydrogens (primary N) is 1. The summed E-state index contributed by atoms with van der Waals surface area (Å²) < 4.78 is 1.78. The third kappa shape index (κ3) is 2.53. The van der Waals surface area contributed by atoms with Crippen LogP contribution in [0.3, 0.4) is 0 Å². The molecule has 0 spiro atoms. The highest BCUT2D eigenvalue weighted by molar-refractivity contribution is 6.30. The highest BCUT2D eigenvalue weighted by Gasteiger charge is 2.40. The number of fused-ring (bicyclic) bond motifs is 1. The molecule has 1 saturated heterocycles. The molecule has 2 heterocycles. The van der Waals surface area contributed by atoms with E-state index in [1.54, 1.807) is 17.3 Å². The van der Waals surface area contributed by atoms with Crippen LogP contribution < -0.4 is 5.73 Å². The van der Waals surface area contributed by atoms with Crippen LogP contribution in [0.25, 0.3) is 5.69 Å². The molecule has 1 aromatic carbocycles. The monoisotopic (exact) mass is 317 g/mol. The molecule has 1 aliphatic carbocycles. The second-order valence-electron chi connectivity index (χ2n) is 6.47. The zero-order chi connectivity index (χ0) is 15.1. The average molecular weight is 318 g/mol. The Morgan fingerprint density at radius 3 is 2.95 bits per heavy atom. The van der Waals surface area contributed by atoms with Gasteiger partial charge in [0.1, 0.15) is 12.7 Å². The van der Waals surface area contributed by atoms with Gasteiger partial charge in [-0.3, -0.25) is 4.90 Å². The smallest absolute Gasteiger partial charge is 0.138 e. The van der Waals surface area contributed by atoms with Gasteiger partial charge in [0.2, 0.25) is 0 Å². The molecule has 2 N–H and O–H groups in total. The maximum absolute atomic E-state index is 6.24. The van der Waals surface area contributed by atoms with Gasteiger partial charge >= 0.3 is 0 Å². The van der Waals surface area contributed by atoms with Gasteiger partial charge in [-0.25, -0.2) is 9.67 Å². The van der Waals surface area contributed by atoms with Crippen LogP contribution in [0, 0.1) is 11.8 Å². The molecule has 1 saturated carbocycles. The van der Waals surface area contributed by atoms with Gasteiger partial charge in [-0.05, 0) is 42.4 Å². The summed E-state index contributed by atoms with van der Waals surface area (Å²) in [5.74, 6) is 1.44. The van der Waals surface area contributed by atoms with E-state index in [-0.39, 0.29) is 0 Å². The van der Waals surface area contributed by atoms with Crippen molar-refractivity contribution in [2.24, 2.45) is 17.6 Å². The quantitative estimate of drug-likeness (QED) is 0.941. The molecule has 116 valence electrons. The Morgan fingerprint density at radius 2 is 2.18 bits per heavy atom. The number of hydrogen-bond acceptors (Lipinski definition) is 4. The first kappa shape index (κ1) is 14.2. The summed E-state index contributed by atoms with van der Waals surface area (Å²) in [6.45, 7) is 3.16. The summed E-state index contributed by atoms with van der Waals surface area (Å²) in [5, 5.41) is 4.96. The Labute approximate surface area is 135 Å². The first-order valence-corrected chi connectivity index (χ1v) is 8.20. The first-order chi connectivity index (χ1) is 10.7. The highest BCUT2D eigenvalue weighted by atomic mass is 35.5. The molecule has 1 aromatic heterocycles. The number of hydrogen-bond donors (Lipinski definition) is 1. The normalized spacial score (nSPS) is 28.2. The Hall–Kier alpha value is -1.43. The minimum absolute atomic E-state index is 0.384. The van der Waals surface area contributed by atoms with E-state index in [1.807, 2.05) is 12.1 Å². The van der Waals surface area contributed by atoms with E-state index in [1.165, 1.54) is 18.4 Å². The number of benzene rings is 1. The Kier molecular flexibility index (Phi) is 3.64. The molecule has 4 rings (SSSR count). The topological polar surface area (TPSA) is 60.0 Å². The fourth-order valence-electron chi connectivity index (χ4n) is 3.99. The molecule has 3 unspecified atom stereocenters. The molecule has 3 atom stereocenters. The van der Waals surface area contributed by atoms with E-state index in [4.69, 9.17) is 17.3 Å². The zero-order valence-corrected chi connectivity index (χ0v) is 13.2. The van der Waals surface area contributed by atoms with Crippen molar-refractivity contribution in [3.8, 4) is 5.69 Å². The standard InChI is InChI=1S/C16H20ClN5/c17-13-3-1-12(16(5-13)22-10-19-9-20-22)7-21-6-11-2-4-15(18)14(11)8-21/h1,3,5,9-11,14-15H,2,4,6-8,18H2. The van der Waals surface area contributed by atoms with Crippen LogP contribution in [0.15, 0.2) is 30.9 Å². The van der Waals surface area contributed by atoms with Gasteiger partial charge < -0.3 is 5.73 Å². The Bertz CT molecular complexity index is 657. The van der Waals surface area contributed by atoms with Gasteiger partial charge in [-0.1, -0.05) is 17.7 Å². The van der Waals surface area contributed by atoms with Gasteiger partial charge in [-0.2, -0.15) is 5.10 Å². The van der Waals surface area contributed by atoms with Crippen molar-refractivity contribution in [3.63, 3.8) is 0 Å². The predicted octanol–water partition coefficient (Wildman–Crippen LogP) is 2.09. The number of halogens is 1. The summed E-state index contributed by atoms with van der Waals surface area (Å²) in [6.07, 6.45) is 5.72. The maximum atomic E-state index is 6.24. The average Bonchev–Trinajstić information content (AvgIpc) is 3.21. The summed E-state index contributed by atoms with van der Waals surface area (Å²) >= 11 is 6.16. The van der Waals surface area contributed by atoms with Crippen LogP contribution in [0.4, 0.5) is 0 Å². The lowest BCUT2D eigenvalue weighted by Crippen LogP contribution is -2.30. The molecule has 22 heavy (non-hydrogen) atoms. The SMILES string of the molecule is NC1CCC2CN(Cc3ccc(Cl)cc3-n3cncn3)CC12. The fraction of sp³-hybridized carbons (Fsp3) is 0.500. The molecule has 2 aromatic rings. The number of likely N-dealkylation sites (tertiary alicyclic amines) is 1. The second-order valence-corrected chi connectivity index (χ2v) is 6.91. The Morgan fingerprint density at radius 1 is 1.27 bits per heavy atom. The molecule has 1 aliphatic heterocycles. The van der Waals surface area contributed by atoms with Gasteiger partial charge in [0.15, 0.2) is 0 Å². The molecule has 5 nitrogen and oxygen atoms in total. The fourth-order valence-corrected chi connectivity index (χ4v) is 4.15. The molecule has 0 amide bonds. The van der Waals surface area contributed by atoms with Crippen LogP contribution in [0.1, 0.15) is 18.4 Å². The van der Waals surface area contributed by atoms with E-state index in [0.29, 0.717) is 12.0 Å². The van der Waals surface area contributed by atoms with E-state index < -0.39 is 0 Å². The first-order valence-electron chi connectivity index (χ1n) is 7.82.